The van der Waals surface area contributed by atoms with Gasteiger partial charge in [0.1, 0.15) is 5.03 Å². The number of carbonyl (C=O) groups is 2. The minimum absolute atomic E-state index is 0.0394. The van der Waals surface area contributed by atoms with E-state index in [1.807, 2.05) is 24.5 Å². The van der Waals surface area contributed by atoms with Crippen LogP contribution in [-0.4, -0.2) is 126 Å². The van der Waals surface area contributed by atoms with Crippen LogP contribution in [-0.2, 0) is 4.74 Å². The maximum atomic E-state index is 13.3. The summed E-state index contributed by atoms with van der Waals surface area (Å²) in [6.07, 6.45) is 4.28. The molecule has 224 valence electrons. The molecule has 0 unspecified atom stereocenters. The van der Waals surface area contributed by atoms with E-state index in [9.17, 15) is 9.59 Å². The number of ether oxygens (including phenoxy) is 1. The van der Waals surface area contributed by atoms with Gasteiger partial charge in [-0.05, 0) is 50.5 Å². The maximum Gasteiger partial charge on any atom is 0.277 e. The number of nitrogens with zero attached hydrogens (tertiary/aromatic N) is 8. The molecule has 2 amide bonds. The average Bonchev–Trinajstić information content (AvgIpc) is 3.51. The average molecular weight is 615 g/mol. The zero-order valence-corrected chi connectivity index (χ0v) is 25.3. The molecule has 0 saturated carbocycles. The summed E-state index contributed by atoms with van der Waals surface area (Å²) in [5, 5.41) is 23.1. The molecule has 2 aromatic heterocycles. The zero-order valence-electron chi connectivity index (χ0n) is 23.8. The Kier molecular flexibility index (Phi) is 10.2. The van der Waals surface area contributed by atoms with Crippen molar-refractivity contribution >= 4 is 46.6 Å². The van der Waals surface area contributed by atoms with Gasteiger partial charge in [-0.1, -0.05) is 16.8 Å². The topological polar surface area (TPSA) is 134 Å². The number of likely N-dealkylation sites (N-methyl/N-ethyl adjacent to an activating group) is 1. The minimum atomic E-state index is -0.469. The number of aromatic nitrogens is 5. The van der Waals surface area contributed by atoms with Crippen molar-refractivity contribution in [1.29, 1.82) is 0 Å². The molecule has 2 fully saturated rings. The van der Waals surface area contributed by atoms with Crippen LogP contribution < -0.4 is 15.5 Å². The molecule has 42 heavy (non-hydrogen) atoms. The number of anilines is 2. The Morgan fingerprint density at radius 1 is 1.02 bits per heavy atom. The van der Waals surface area contributed by atoms with Crippen LogP contribution in [0.1, 0.15) is 27.4 Å². The number of hydrogen-bond donors (Lipinski definition) is 2. The molecule has 4 heterocycles. The standard InChI is InChI=1S/C27H35ClN10O3S/c1-35-8-10-37(11-9-35)23-5-4-19(16-21(23)30-27(40)25-20(28)17-24(42-2)32-33-25)38-18-22(31-34-38)26(39)29-6-3-7-36-12-14-41-15-13-36/h4-5,16-18H,3,6-15H2,1-2H3,(H,29,39)(H,30,40). The Balaban J connectivity index is 1.30. The summed E-state index contributed by atoms with van der Waals surface area (Å²) in [6.45, 7) is 8.21. The fourth-order valence-electron chi connectivity index (χ4n) is 4.79. The van der Waals surface area contributed by atoms with Crippen LogP contribution in [0.4, 0.5) is 11.4 Å². The van der Waals surface area contributed by atoms with Crippen LogP contribution in [0.2, 0.25) is 5.02 Å². The summed E-state index contributed by atoms with van der Waals surface area (Å²) in [6, 6.07) is 7.26. The fraction of sp³-hybridized carbons (Fsp3) is 0.481. The van der Waals surface area contributed by atoms with Crippen molar-refractivity contribution in [3.8, 4) is 5.69 Å². The summed E-state index contributed by atoms with van der Waals surface area (Å²) in [7, 11) is 2.09. The second kappa shape index (κ2) is 14.2. The molecule has 2 aliphatic rings. The van der Waals surface area contributed by atoms with E-state index in [-0.39, 0.29) is 22.3 Å². The smallest absolute Gasteiger partial charge is 0.277 e. The van der Waals surface area contributed by atoms with Crippen LogP contribution in [0.15, 0.2) is 35.5 Å². The molecular formula is C27H35ClN10O3S. The summed E-state index contributed by atoms with van der Waals surface area (Å²) in [4.78, 5) is 32.8. The molecule has 2 N–H and O–H groups in total. The molecule has 1 aromatic carbocycles. The van der Waals surface area contributed by atoms with Crippen molar-refractivity contribution in [2.24, 2.45) is 0 Å². The SMILES string of the molecule is CSc1cc(Cl)c(C(=O)Nc2cc(-n3cc(C(=O)NCCCN4CCOCC4)nn3)ccc2N2CCN(C)CC2)nn1. The van der Waals surface area contributed by atoms with Crippen LogP contribution >= 0.6 is 23.4 Å². The van der Waals surface area contributed by atoms with Crippen LogP contribution in [0.5, 0.6) is 0 Å². The monoisotopic (exact) mass is 614 g/mol. The third kappa shape index (κ3) is 7.55. The Morgan fingerprint density at radius 2 is 1.81 bits per heavy atom. The lowest BCUT2D eigenvalue weighted by Gasteiger charge is -2.35. The van der Waals surface area contributed by atoms with E-state index in [4.69, 9.17) is 16.3 Å². The summed E-state index contributed by atoms with van der Waals surface area (Å²) in [5.41, 5.74) is 2.32. The molecule has 0 aliphatic carbocycles. The van der Waals surface area contributed by atoms with Crippen molar-refractivity contribution in [2.45, 2.75) is 11.4 Å². The van der Waals surface area contributed by atoms with Gasteiger partial charge < -0.3 is 25.2 Å². The first-order valence-corrected chi connectivity index (χ1v) is 15.5. The molecule has 3 aromatic rings. The lowest BCUT2D eigenvalue weighted by atomic mass is 10.2. The maximum absolute atomic E-state index is 13.3. The highest BCUT2D eigenvalue weighted by Gasteiger charge is 2.22. The van der Waals surface area contributed by atoms with Gasteiger partial charge in [-0.2, -0.15) is 0 Å². The number of amides is 2. The second-order valence-corrected chi connectivity index (χ2v) is 11.4. The summed E-state index contributed by atoms with van der Waals surface area (Å²) in [5.74, 6) is -0.754. The van der Waals surface area contributed by atoms with Gasteiger partial charge in [-0.25, -0.2) is 4.68 Å². The van der Waals surface area contributed by atoms with E-state index in [1.165, 1.54) is 16.4 Å². The normalized spacial score (nSPS) is 16.4. The highest BCUT2D eigenvalue weighted by molar-refractivity contribution is 7.98. The minimum Gasteiger partial charge on any atom is -0.379 e. The first kappa shape index (κ1) is 30.2. The van der Waals surface area contributed by atoms with Gasteiger partial charge >= 0.3 is 0 Å². The van der Waals surface area contributed by atoms with Crippen molar-refractivity contribution in [3.63, 3.8) is 0 Å². The van der Waals surface area contributed by atoms with Gasteiger partial charge in [0, 0.05) is 45.8 Å². The molecule has 0 spiro atoms. The van der Waals surface area contributed by atoms with E-state index in [1.54, 1.807) is 12.3 Å². The van der Waals surface area contributed by atoms with E-state index in [0.717, 1.165) is 71.1 Å². The first-order chi connectivity index (χ1) is 20.4. The van der Waals surface area contributed by atoms with E-state index < -0.39 is 5.91 Å². The number of carbonyl (C=O) groups excluding carboxylic acids is 2. The van der Waals surface area contributed by atoms with Gasteiger partial charge in [0.15, 0.2) is 11.4 Å². The van der Waals surface area contributed by atoms with Crippen molar-refractivity contribution in [1.82, 2.24) is 40.3 Å². The van der Waals surface area contributed by atoms with E-state index in [0.29, 0.717) is 22.9 Å². The van der Waals surface area contributed by atoms with Crippen molar-refractivity contribution in [2.75, 3.05) is 89.1 Å². The van der Waals surface area contributed by atoms with Gasteiger partial charge in [-0.15, -0.1) is 27.1 Å². The quantitative estimate of drug-likeness (QED) is 0.256. The first-order valence-electron chi connectivity index (χ1n) is 13.9. The number of morpholine rings is 1. The Bertz CT molecular complexity index is 1390. The van der Waals surface area contributed by atoms with Gasteiger partial charge in [0.05, 0.1) is 41.5 Å². The molecule has 2 saturated heterocycles. The van der Waals surface area contributed by atoms with Crippen LogP contribution in [0, 0.1) is 0 Å². The third-order valence-corrected chi connectivity index (χ3v) is 8.16. The Morgan fingerprint density at radius 3 is 2.55 bits per heavy atom. The van der Waals surface area contributed by atoms with Crippen molar-refractivity contribution < 1.29 is 14.3 Å². The Hall–Kier alpha value is -3.30. The number of rotatable bonds is 10. The predicted octanol–water partition coefficient (Wildman–Crippen LogP) is 1.89. The van der Waals surface area contributed by atoms with Crippen LogP contribution in [0.25, 0.3) is 5.69 Å². The van der Waals surface area contributed by atoms with E-state index >= 15 is 0 Å². The molecule has 13 nitrogen and oxygen atoms in total. The molecule has 15 heteroatoms. The number of piperazine rings is 1. The Labute approximate surface area is 253 Å². The molecule has 0 atom stereocenters. The number of benzene rings is 1. The van der Waals surface area contributed by atoms with Gasteiger partial charge in [0.25, 0.3) is 11.8 Å². The second-order valence-electron chi connectivity index (χ2n) is 10.1. The lowest BCUT2D eigenvalue weighted by molar-refractivity contribution is 0.0374. The summed E-state index contributed by atoms with van der Waals surface area (Å²) >= 11 is 7.75. The third-order valence-electron chi connectivity index (χ3n) is 7.25. The molecule has 2 aliphatic heterocycles. The molecule has 0 radical (unpaired) electrons. The molecular weight excluding hydrogens is 580 g/mol. The van der Waals surface area contributed by atoms with Gasteiger partial charge in [-0.3, -0.25) is 14.5 Å². The van der Waals surface area contributed by atoms with Gasteiger partial charge in [0.2, 0.25) is 0 Å². The predicted molar refractivity (Wildman–Crippen MR) is 162 cm³/mol. The molecule has 0 bridgehead atoms. The fourth-order valence-corrected chi connectivity index (χ4v) is 5.44. The number of halogens is 1. The zero-order chi connectivity index (χ0) is 29.5. The lowest BCUT2D eigenvalue weighted by Crippen LogP contribution is -2.44. The molecule has 5 rings (SSSR count). The summed E-state index contributed by atoms with van der Waals surface area (Å²) < 4.78 is 6.90. The number of hydrogen-bond acceptors (Lipinski definition) is 11. The largest absolute Gasteiger partial charge is 0.379 e. The number of thioether (sulfide) groups is 1. The van der Waals surface area contributed by atoms with E-state index in [2.05, 4.69) is 52.9 Å². The highest BCUT2D eigenvalue weighted by Crippen LogP contribution is 2.30. The van der Waals surface area contributed by atoms with Crippen molar-refractivity contribution in [3.05, 3.63) is 46.9 Å². The van der Waals surface area contributed by atoms with Crippen LogP contribution in [0.3, 0.4) is 0 Å². The number of nitrogens with one attached hydrogen (secondary N) is 2. The highest BCUT2D eigenvalue weighted by atomic mass is 35.5.